The summed E-state index contributed by atoms with van der Waals surface area (Å²) >= 11 is 0. The van der Waals surface area contributed by atoms with Gasteiger partial charge in [-0.05, 0) is 50.6 Å². The molecule has 30 heavy (non-hydrogen) atoms. The van der Waals surface area contributed by atoms with Crippen LogP contribution in [0.25, 0.3) is 0 Å². The molecule has 158 valence electrons. The molecule has 0 bridgehead atoms. The molecule has 1 aromatic heterocycles. The zero-order valence-electron chi connectivity index (χ0n) is 17.4. The number of nitrogens with one attached hydrogen (secondary N) is 1. The minimum absolute atomic E-state index is 0.251. The van der Waals surface area contributed by atoms with Crippen LogP contribution in [0.1, 0.15) is 44.9 Å². The van der Waals surface area contributed by atoms with Crippen molar-refractivity contribution < 1.29 is 23.9 Å². The predicted octanol–water partition coefficient (Wildman–Crippen LogP) is 3.03. The standard InChI is InChI=1S/C22H25N3O5/c1-15-13-19(16(2)25(15)11-4-12-29-3)20(26)14-30-22(28)17-5-7-18(8-6-17)24-21(27)9-10-23/h5-8,13H,4,9,11-12,14H2,1-3H3,(H,24,27). The molecule has 2 aromatic rings. The number of hydrogen-bond acceptors (Lipinski definition) is 6. The van der Waals surface area contributed by atoms with Crippen LogP contribution in [0.15, 0.2) is 30.3 Å². The van der Waals surface area contributed by atoms with Gasteiger partial charge in [0.2, 0.25) is 11.7 Å². The van der Waals surface area contributed by atoms with Crippen molar-refractivity contribution in [3.8, 4) is 6.07 Å². The van der Waals surface area contributed by atoms with E-state index in [9.17, 15) is 14.4 Å². The number of nitriles is 1. The zero-order valence-corrected chi connectivity index (χ0v) is 17.4. The lowest BCUT2D eigenvalue weighted by atomic mass is 10.1. The first-order chi connectivity index (χ1) is 14.4. The number of esters is 1. The van der Waals surface area contributed by atoms with Crippen LogP contribution in [0.5, 0.6) is 0 Å². The molecule has 0 unspecified atom stereocenters. The Morgan fingerprint density at radius 3 is 2.50 bits per heavy atom. The number of ketones is 1. The summed E-state index contributed by atoms with van der Waals surface area (Å²) < 4.78 is 12.3. The molecule has 2 rings (SSSR count). The number of benzene rings is 1. The number of hydrogen-bond donors (Lipinski definition) is 1. The highest BCUT2D eigenvalue weighted by Crippen LogP contribution is 2.17. The molecule has 0 aliphatic carbocycles. The summed E-state index contributed by atoms with van der Waals surface area (Å²) in [7, 11) is 1.65. The van der Waals surface area contributed by atoms with E-state index in [0.717, 1.165) is 24.4 Å². The quantitative estimate of drug-likeness (QED) is 0.365. The summed E-state index contributed by atoms with van der Waals surface area (Å²) in [6.07, 6.45) is 0.585. The highest BCUT2D eigenvalue weighted by molar-refractivity contribution is 6.00. The van der Waals surface area contributed by atoms with E-state index in [-0.39, 0.29) is 24.4 Å². The van der Waals surface area contributed by atoms with Gasteiger partial charge in [0.05, 0.1) is 11.6 Å². The Hall–Kier alpha value is -3.44. The van der Waals surface area contributed by atoms with Crippen molar-refractivity contribution >= 4 is 23.3 Å². The largest absolute Gasteiger partial charge is 0.454 e. The lowest BCUT2D eigenvalue weighted by molar-refractivity contribution is -0.115. The van der Waals surface area contributed by atoms with Crippen LogP contribution < -0.4 is 5.32 Å². The summed E-state index contributed by atoms with van der Waals surface area (Å²) in [6, 6.07) is 9.58. The normalized spacial score (nSPS) is 10.3. The second kappa shape index (κ2) is 10.9. The Kier molecular flexibility index (Phi) is 8.32. The molecule has 1 aromatic carbocycles. The number of rotatable bonds is 10. The maximum absolute atomic E-state index is 12.5. The van der Waals surface area contributed by atoms with Crippen molar-refractivity contribution in [3.63, 3.8) is 0 Å². The Morgan fingerprint density at radius 1 is 1.17 bits per heavy atom. The van der Waals surface area contributed by atoms with Crippen LogP contribution in [0.4, 0.5) is 5.69 Å². The van der Waals surface area contributed by atoms with Gasteiger partial charge in [0.1, 0.15) is 6.42 Å². The van der Waals surface area contributed by atoms with Gasteiger partial charge in [-0.3, -0.25) is 9.59 Å². The number of methoxy groups -OCH3 is 1. The molecule has 8 heteroatoms. The number of amides is 1. The van der Waals surface area contributed by atoms with Gasteiger partial charge in [0.15, 0.2) is 6.61 Å². The van der Waals surface area contributed by atoms with Gasteiger partial charge < -0.3 is 19.4 Å². The maximum Gasteiger partial charge on any atom is 0.338 e. The minimum atomic E-state index is -0.632. The highest BCUT2D eigenvalue weighted by Gasteiger charge is 2.18. The first kappa shape index (κ1) is 22.8. The molecule has 0 atom stereocenters. The third-order valence-corrected chi connectivity index (χ3v) is 4.58. The number of Topliss-reactive ketones (excluding diaryl/α,β-unsaturated/α-hetero) is 1. The lowest BCUT2D eigenvalue weighted by Gasteiger charge is -2.09. The average molecular weight is 411 g/mol. The van der Waals surface area contributed by atoms with E-state index >= 15 is 0 Å². The number of nitrogens with zero attached hydrogens (tertiary/aromatic N) is 2. The molecule has 0 aliphatic rings. The van der Waals surface area contributed by atoms with Gasteiger partial charge in [-0.2, -0.15) is 5.26 Å². The van der Waals surface area contributed by atoms with E-state index in [1.165, 1.54) is 24.3 Å². The van der Waals surface area contributed by atoms with Crippen molar-refractivity contribution in [3.05, 3.63) is 52.8 Å². The number of carbonyl (C=O) groups is 3. The van der Waals surface area contributed by atoms with Crippen molar-refractivity contribution in [2.75, 3.05) is 25.6 Å². The number of aryl methyl sites for hydroxylation is 1. The molecular weight excluding hydrogens is 386 g/mol. The number of anilines is 1. The zero-order chi connectivity index (χ0) is 22.1. The highest BCUT2D eigenvalue weighted by atomic mass is 16.5. The molecule has 0 saturated heterocycles. The van der Waals surface area contributed by atoms with Crippen LogP contribution in [0.2, 0.25) is 0 Å². The van der Waals surface area contributed by atoms with E-state index in [2.05, 4.69) is 5.32 Å². The molecule has 0 radical (unpaired) electrons. The van der Waals surface area contributed by atoms with E-state index in [0.29, 0.717) is 17.9 Å². The van der Waals surface area contributed by atoms with E-state index in [4.69, 9.17) is 14.7 Å². The van der Waals surface area contributed by atoms with Crippen LogP contribution in [0.3, 0.4) is 0 Å². The number of aromatic nitrogens is 1. The Labute approximate surface area is 175 Å². The van der Waals surface area contributed by atoms with Gasteiger partial charge in [0, 0.05) is 42.9 Å². The molecule has 0 spiro atoms. The summed E-state index contributed by atoms with van der Waals surface area (Å²) in [5.41, 5.74) is 3.05. The topological polar surface area (TPSA) is 110 Å². The summed E-state index contributed by atoms with van der Waals surface area (Å²) in [6.45, 7) is 4.82. The third-order valence-electron chi connectivity index (χ3n) is 4.58. The van der Waals surface area contributed by atoms with E-state index in [1.54, 1.807) is 19.2 Å². The maximum atomic E-state index is 12.5. The fraction of sp³-hybridized carbons (Fsp3) is 0.364. The van der Waals surface area contributed by atoms with Gasteiger partial charge in [0.25, 0.3) is 0 Å². The Morgan fingerprint density at radius 2 is 1.87 bits per heavy atom. The van der Waals surface area contributed by atoms with E-state index < -0.39 is 11.9 Å². The molecule has 0 saturated carbocycles. The molecular formula is C22H25N3O5. The average Bonchev–Trinajstić information content (AvgIpc) is 3.01. The fourth-order valence-electron chi connectivity index (χ4n) is 3.05. The summed E-state index contributed by atoms with van der Waals surface area (Å²) in [5.74, 6) is -1.33. The Bertz CT molecular complexity index is 954. The molecule has 1 heterocycles. The first-order valence-corrected chi connectivity index (χ1v) is 9.50. The third kappa shape index (κ3) is 6.03. The predicted molar refractivity (Wildman–Crippen MR) is 110 cm³/mol. The number of carbonyl (C=O) groups excluding carboxylic acids is 3. The fourth-order valence-corrected chi connectivity index (χ4v) is 3.05. The minimum Gasteiger partial charge on any atom is -0.454 e. The summed E-state index contributed by atoms with van der Waals surface area (Å²) in [4.78, 5) is 36.2. The van der Waals surface area contributed by atoms with Crippen LogP contribution in [-0.4, -0.2) is 42.6 Å². The van der Waals surface area contributed by atoms with Gasteiger partial charge in [-0.1, -0.05) is 0 Å². The van der Waals surface area contributed by atoms with E-state index in [1.807, 2.05) is 18.4 Å². The first-order valence-electron chi connectivity index (χ1n) is 9.50. The van der Waals surface area contributed by atoms with Crippen molar-refractivity contribution in [1.29, 1.82) is 5.26 Å². The molecule has 1 N–H and O–H groups in total. The molecule has 1 amide bonds. The monoisotopic (exact) mass is 411 g/mol. The van der Waals surface area contributed by atoms with Crippen molar-refractivity contribution in [2.45, 2.75) is 33.2 Å². The summed E-state index contributed by atoms with van der Waals surface area (Å²) in [5, 5.41) is 11.0. The van der Waals surface area contributed by atoms with Crippen molar-refractivity contribution in [1.82, 2.24) is 4.57 Å². The smallest absolute Gasteiger partial charge is 0.338 e. The lowest BCUT2D eigenvalue weighted by Crippen LogP contribution is -2.15. The van der Waals surface area contributed by atoms with Gasteiger partial charge in [-0.15, -0.1) is 0 Å². The van der Waals surface area contributed by atoms with Crippen LogP contribution in [0, 0.1) is 25.2 Å². The number of ether oxygens (including phenoxy) is 2. The van der Waals surface area contributed by atoms with Crippen LogP contribution >= 0.6 is 0 Å². The van der Waals surface area contributed by atoms with Gasteiger partial charge in [-0.25, -0.2) is 4.79 Å². The van der Waals surface area contributed by atoms with Crippen molar-refractivity contribution in [2.24, 2.45) is 0 Å². The van der Waals surface area contributed by atoms with Crippen LogP contribution in [-0.2, 0) is 20.8 Å². The second-order valence-corrected chi connectivity index (χ2v) is 6.74. The molecule has 8 nitrogen and oxygen atoms in total. The Balaban J connectivity index is 1.94. The SMILES string of the molecule is COCCCn1c(C)cc(C(=O)COC(=O)c2ccc(NC(=O)CC#N)cc2)c1C. The molecule has 0 fully saturated rings. The van der Waals surface area contributed by atoms with Gasteiger partial charge >= 0.3 is 5.97 Å². The second-order valence-electron chi connectivity index (χ2n) is 6.74. The molecule has 0 aliphatic heterocycles.